The Bertz CT molecular complexity index is 1290. The molecule has 0 bridgehead atoms. The van der Waals surface area contributed by atoms with Gasteiger partial charge in [-0.15, -0.1) is 0 Å². The lowest BCUT2D eigenvalue weighted by Gasteiger charge is -2.23. The van der Waals surface area contributed by atoms with Crippen LogP contribution in [0.3, 0.4) is 0 Å². The molecule has 3 aromatic rings. The Morgan fingerprint density at radius 3 is 2.18 bits per heavy atom. The van der Waals surface area contributed by atoms with Crippen LogP contribution in [-0.4, -0.2) is 25.5 Å². The van der Waals surface area contributed by atoms with Crippen molar-refractivity contribution in [2.75, 3.05) is 5.32 Å². The summed E-state index contributed by atoms with van der Waals surface area (Å²) in [6.45, 7) is 13.3. The second-order valence-electron chi connectivity index (χ2n) is 10.2. The summed E-state index contributed by atoms with van der Waals surface area (Å²) in [7, 11) is 0. The van der Waals surface area contributed by atoms with E-state index in [2.05, 4.69) is 15.5 Å². The standard InChI is InChI=1S/C24H28F3N5O2/c1-14-11-17(33)20(30-31(14)16-10-8-9-15(12-16)24(25,26)27)21(34)28-19-13-18(22(2,3)4)29-32(19)23(5,6)7/h8-13H,1-7H3,(H,28,34). The third-order valence-electron chi connectivity index (χ3n) is 5.10. The van der Waals surface area contributed by atoms with Crippen molar-refractivity contribution >= 4 is 11.7 Å². The van der Waals surface area contributed by atoms with E-state index in [1.165, 1.54) is 25.1 Å². The van der Waals surface area contributed by atoms with Crippen LogP contribution in [0.25, 0.3) is 5.69 Å². The molecule has 0 aliphatic heterocycles. The SMILES string of the molecule is Cc1cc(=O)c(C(=O)Nc2cc(C(C)(C)C)nn2C(C)(C)C)nn1-c1cccc(C(F)(F)F)c1. The Hall–Kier alpha value is -3.43. The predicted octanol–water partition coefficient (Wildman–Crippen LogP) is 5.06. The average molecular weight is 476 g/mol. The molecule has 0 aliphatic rings. The number of amides is 1. The van der Waals surface area contributed by atoms with E-state index in [-0.39, 0.29) is 16.8 Å². The molecule has 3 rings (SSSR count). The van der Waals surface area contributed by atoms with Gasteiger partial charge in [0.2, 0.25) is 5.43 Å². The number of aromatic nitrogens is 4. The molecule has 0 radical (unpaired) electrons. The third-order valence-corrected chi connectivity index (χ3v) is 5.10. The van der Waals surface area contributed by atoms with E-state index in [9.17, 15) is 22.8 Å². The molecule has 34 heavy (non-hydrogen) atoms. The van der Waals surface area contributed by atoms with Crippen molar-refractivity contribution in [1.82, 2.24) is 19.6 Å². The minimum atomic E-state index is -4.54. The molecular formula is C24H28F3N5O2. The number of hydrogen-bond donors (Lipinski definition) is 1. The van der Waals surface area contributed by atoms with Crippen molar-refractivity contribution in [3.05, 3.63) is 69.3 Å². The van der Waals surface area contributed by atoms with Crippen molar-refractivity contribution < 1.29 is 18.0 Å². The fourth-order valence-corrected chi connectivity index (χ4v) is 3.30. The van der Waals surface area contributed by atoms with Gasteiger partial charge >= 0.3 is 6.18 Å². The Kier molecular flexibility index (Phi) is 6.23. The molecule has 0 fully saturated rings. The summed E-state index contributed by atoms with van der Waals surface area (Å²) in [5, 5.41) is 11.4. The predicted molar refractivity (Wildman–Crippen MR) is 123 cm³/mol. The first-order chi connectivity index (χ1) is 15.5. The number of carbonyl (C=O) groups excluding carboxylic acids is 1. The molecule has 0 aliphatic carbocycles. The summed E-state index contributed by atoms with van der Waals surface area (Å²) in [6, 6.07) is 7.43. The van der Waals surface area contributed by atoms with E-state index < -0.39 is 34.3 Å². The van der Waals surface area contributed by atoms with Crippen molar-refractivity contribution in [3.8, 4) is 5.69 Å². The molecular weight excluding hydrogens is 447 g/mol. The van der Waals surface area contributed by atoms with Crippen LogP contribution in [0.5, 0.6) is 0 Å². The van der Waals surface area contributed by atoms with E-state index in [0.29, 0.717) is 5.82 Å². The first-order valence-corrected chi connectivity index (χ1v) is 10.7. The molecule has 182 valence electrons. The Morgan fingerprint density at radius 1 is 0.971 bits per heavy atom. The van der Waals surface area contributed by atoms with Gasteiger partial charge in [-0.2, -0.15) is 23.4 Å². The van der Waals surface area contributed by atoms with Gasteiger partial charge in [0.25, 0.3) is 5.91 Å². The number of carbonyl (C=O) groups is 1. The fraction of sp³-hybridized carbons (Fsp3) is 0.417. The maximum Gasteiger partial charge on any atom is 0.416 e. The van der Waals surface area contributed by atoms with Crippen molar-refractivity contribution in [3.63, 3.8) is 0 Å². The minimum absolute atomic E-state index is 0.0797. The highest BCUT2D eigenvalue weighted by Gasteiger charge is 2.31. The van der Waals surface area contributed by atoms with E-state index >= 15 is 0 Å². The monoisotopic (exact) mass is 475 g/mol. The zero-order valence-corrected chi connectivity index (χ0v) is 20.2. The molecule has 7 nitrogen and oxygen atoms in total. The number of aryl methyl sites for hydroxylation is 1. The number of nitrogens with one attached hydrogen (secondary N) is 1. The third kappa shape index (κ3) is 5.21. The summed E-state index contributed by atoms with van der Waals surface area (Å²) < 4.78 is 42.3. The maximum absolute atomic E-state index is 13.2. The lowest BCUT2D eigenvalue weighted by atomic mass is 9.92. The van der Waals surface area contributed by atoms with Gasteiger partial charge in [0, 0.05) is 23.2 Å². The Morgan fingerprint density at radius 2 is 1.62 bits per heavy atom. The molecule has 0 saturated heterocycles. The highest BCUT2D eigenvalue weighted by Crippen LogP contribution is 2.31. The van der Waals surface area contributed by atoms with Gasteiger partial charge in [-0.3, -0.25) is 9.59 Å². The van der Waals surface area contributed by atoms with Crippen LogP contribution in [-0.2, 0) is 17.1 Å². The Labute approximate surface area is 195 Å². The van der Waals surface area contributed by atoms with E-state index in [1.54, 1.807) is 10.7 Å². The van der Waals surface area contributed by atoms with Crippen molar-refractivity contribution in [2.45, 2.75) is 65.6 Å². The number of hydrogen-bond acceptors (Lipinski definition) is 4. The number of alkyl halides is 3. The van der Waals surface area contributed by atoms with Crippen molar-refractivity contribution in [2.24, 2.45) is 0 Å². The fourth-order valence-electron chi connectivity index (χ4n) is 3.30. The van der Waals surface area contributed by atoms with Crippen molar-refractivity contribution in [1.29, 1.82) is 0 Å². The summed E-state index contributed by atoms with van der Waals surface area (Å²) in [5.41, 5.74) is -1.58. The zero-order chi connectivity index (χ0) is 25.6. The van der Waals surface area contributed by atoms with Gasteiger partial charge in [0.15, 0.2) is 5.69 Å². The van der Waals surface area contributed by atoms with Gasteiger partial charge in [0.1, 0.15) is 5.82 Å². The Balaban J connectivity index is 2.05. The van der Waals surface area contributed by atoms with Crippen LogP contribution < -0.4 is 10.7 Å². The number of benzene rings is 1. The minimum Gasteiger partial charge on any atom is -0.305 e. The molecule has 1 aromatic carbocycles. The first kappa shape index (κ1) is 25.2. The molecule has 0 saturated carbocycles. The van der Waals surface area contributed by atoms with Gasteiger partial charge in [0.05, 0.1) is 22.5 Å². The van der Waals surface area contributed by atoms with Crippen LogP contribution in [0.15, 0.2) is 41.2 Å². The van der Waals surface area contributed by atoms with E-state index in [4.69, 9.17) is 0 Å². The highest BCUT2D eigenvalue weighted by molar-refractivity contribution is 6.02. The van der Waals surface area contributed by atoms with Crippen LogP contribution in [0, 0.1) is 6.92 Å². The molecule has 1 amide bonds. The van der Waals surface area contributed by atoms with Gasteiger partial charge in [-0.25, -0.2) is 9.36 Å². The summed E-state index contributed by atoms with van der Waals surface area (Å²) in [5.74, 6) is -0.397. The molecule has 10 heteroatoms. The largest absolute Gasteiger partial charge is 0.416 e. The first-order valence-electron chi connectivity index (χ1n) is 10.7. The molecule has 0 spiro atoms. The smallest absolute Gasteiger partial charge is 0.305 e. The second kappa shape index (κ2) is 8.41. The molecule has 1 N–H and O–H groups in total. The van der Waals surface area contributed by atoms with Crippen LogP contribution in [0.4, 0.5) is 19.0 Å². The van der Waals surface area contributed by atoms with Gasteiger partial charge in [-0.05, 0) is 45.9 Å². The molecule has 2 aromatic heterocycles. The van der Waals surface area contributed by atoms with Crippen LogP contribution in [0.2, 0.25) is 0 Å². The molecule has 0 unspecified atom stereocenters. The van der Waals surface area contributed by atoms with Gasteiger partial charge < -0.3 is 5.32 Å². The summed E-state index contributed by atoms with van der Waals surface area (Å²) >= 11 is 0. The van der Waals surface area contributed by atoms with Crippen LogP contribution in [0.1, 0.15) is 69.0 Å². The number of nitrogens with zero attached hydrogens (tertiary/aromatic N) is 4. The second-order valence-corrected chi connectivity index (χ2v) is 10.2. The zero-order valence-electron chi connectivity index (χ0n) is 20.2. The normalized spacial score (nSPS) is 12.6. The maximum atomic E-state index is 13.2. The topological polar surface area (TPSA) is 81.8 Å². The molecule has 0 atom stereocenters. The summed E-state index contributed by atoms with van der Waals surface area (Å²) in [6.07, 6.45) is -4.54. The lowest BCUT2D eigenvalue weighted by molar-refractivity contribution is -0.137. The van der Waals surface area contributed by atoms with Gasteiger partial charge in [-0.1, -0.05) is 26.8 Å². The highest BCUT2D eigenvalue weighted by atomic mass is 19.4. The quantitative estimate of drug-likeness (QED) is 0.574. The van der Waals surface area contributed by atoms with E-state index in [0.717, 1.165) is 22.5 Å². The number of halogens is 3. The summed E-state index contributed by atoms with van der Waals surface area (Å²) in [4.78, 5) is 25.7. The van der Waals surface area contributed by atoms with Crippen LogP contribution >= 0.6 is 0 Å². The van der Waals surface area contributed by atoms with E-state index in [1.807, 2.05) is 41.5 Å². The molecule has 2 heterocycles. The number of rotatable bonds is 3. The lowest BCUT2D eigenvalue weighted by Crippen LogP contribution is -2.30. The average Bonchev–Trinajstić information content (AvgIpc) is 3.12. The number of anilines is 1.